The summed E-state index contributed by atoms with van der Waals surface area (Å²) < 4.78 is 25.0. The van der Waals surface area contributed by atoms with E-state index in [-0.39, 0.29) is 36.7 Å². The highest BCUT2D eigenvalue weighted by atomic mass is 35.5. The van der Waals surface area contributed by atoms with Gasteiger partial charge in [0, 0.05) is 11.6 Å². The number of piperidine rings is 1. The van der Waals surface area contributed by atoms with Crippen molar-refractivity contribution < 1.29 is 23.1 Å². The molecule has 1 aliphatic carbocycles. The summed E-state index contributed by atoms with van der Waals surface area (Å²) in [5, 5.41) is 15.7. The van der Waals surface area contributed by atoms with E-state index in [2.05, 4.69) is 27.5 Å². The van der Waals surface area contributed by atoms with Gasteiger partial charge < -0.3 is 15.7 Å². The maximum Gasteiger partial charge on any atom is 0.321 e. The number of benzene rings is 1. The SMILES string of the molecule is CS(=O)(=O)NC(C[C@H]1CC[C@H](NC(=O)c2ccc(C3CCNCC3)cc2)CC1)C(=O)O.Cl. The van der Waals surface area contributed by atoms with Crippen molar-refractivity contribution in [2.75, 3.05) is 19.3 Å². The van der Waals surface area contributed by atoms with Crippen LogP contribution < -0.4 is 15.4 Å². The van der Waals surface area contributed by atoms with Crippen molar-refractivity contribution in [2.45, 2.75) is 62.9 Å². The van der Waals surface area contributed by atoms with Crippen molar-refractivity contribution in [3.63, 3.8) is 0 Å². The maximum absolute atomic E-state index is 12.6. The molecular formula is C22H34ClN3O5S. The van der Waals surface area contributed by atoms with Gasteiger partial charge in [-0.25, -0.2) is 13.1 Å². The van der Waals surface area contributed by atoms with Gasteiger partial charge in [-0.3, -0.25) is 9.59 Å². The zero-order valence-electron chi connectivity index (χ0n) is 18.4. The molecule has 2 aliphatic rings. The molecule has 1 unspecified atom stereocenters. The van der Waals surface area contributed by atoms with Crippen LogP contribution >= 0.6 is 12.4 Å². The number of hydrogen-bond acceptors (Lipinski definition) is 5. The molecule has 1 amide bonds. The second kappa shape index (κ2) is 12.0. The van der Waals surface area contributed by atoms with E-state index in [0.29, 0.717) is 11.5 Å². The summed E-state index contributed by atoms with van der Waals surface area (Å²) in [5.41, 5.74) is 1.94. The third kappa shape index (κ3) is 8.03. The lowest BCUT2D eigenvalue weighted by molar-refractivity contribution is -0.139. The molecule has 1 aliphatic heterocycles. The summed E-state index contributed by atoms with van der Waals surface area (Å²) in [5.74, 6) is -0.565. The largest absolute Gasteiger partial charge is 0.480 e. The van der Waals surface area contributed by atoms with Crippen molar-refractivity contribution in [3.8, 4) is 0 Å². The van der Waals surface area contributed by atoms with Crippen LogP contribution in [0.3, 0.4) is 0 Å². The van der Waals surface area contributed by atoms with Crippen LogP contribution in [0.25, 0.3) is 0 Å². The first-order valence-electron chi connectivity index (χ1n) is 11.0. The van der Waals surface area contributed by atoms with Crippen LogP contribution in [-0.2, 0) is 14.8 Å². The van der Waals surface area contributed by atoms with E-state index < -0.39 is 22.0 Å². The first-order valence-corrected chi connectivity index (χ1v) is 12.9. The summed E-state index contributed by atoms with van der Waals surface area (Å²) in [6, 6.07) is 6.86. The normalized spacial score (nSPS) is 23.0. The number of halogens is 1. The van der Waals surface area contributed by atoms with Gasteiger partial charge in [0.25, 0.3) is 5.91 Å². The number of rotatable bonds is 8. The average Bonchev–Trinajstić information content (AvgIpc) is 2.74. The second-order valence-electron chi connectivity index (χ2n) is 8.85. The number of nitrogens with one attached hydrogen (secondary N) is 3. The number of carbonyl (C=O) groups excluding carboxylic acids is 1. The molecule has 1 aromatic carbocycles. The molecule has 2 fully saturated rings. The van der Waals surface area contributed by atoms with Crippen molar-refractivity contribution in [3.05, 3.63) is 35.4 Å². The van der Waals surface area contributed by atoms with Crippen molar-refractivity contribution in [1.29, 1.82) is 0 Å². The number of carbonyl (C=O) groups is 2. The quantitative estimate of drug-likeness (QED) is 0.445. The number of carboxylic acids is 1. The Morgan fingerprint density at radius 1 is 1.06 bits per heavy atom. The molecule has 32 heavy (non-hydrogen) atoms. The average molecular weight is 488 g/mol. The summed E-state index contributed by atoms with van der Waals surface area (Å²) >= 11 is 0. The first kappa shape index (κ1) is 26.6. The van der Waals surface area contributed by atoms with E-state index in [1.807, 2.05) is 12.1 Å². The Hall–Kier alpha value is -1.68. The van der Waals surface area contributed by atoms with Gasteiger partial charge in [0.2, 0.25) is 10.0 Å². The molecule has 180 valence electrons. The Morgan fingerprint density at radius 2 is 1.66 bits per heavy atom. The Bertz CT molecular complexity index is 864. The molecule has 4 N–H and O–H groups in total. The molecule has 0 aromatic heterocycles. The number of hydrogen-bond donors (Lipinski definition) is 4. The molecule has 0 bridgehead atoms. The van der Waals surface area contributed by atoms with Crippen LogP contribution in [0.15, 0.2) is 24.3 Å². The van der Waals surface area contributed by atoms with Gasteiger partial charge in [-0.1, -0.05) is 12.1 Å². The van der Waals surface area contributed by atoms with Crippen LogP contribution in [0.4, 0.5) is 0 Å². The highest BCUT2D eigenvalue weighted by Gasteiger charge is 2.29. The number of sulfonamides is 1. The van der Waals surface area contributed by atoms with Gasteiger partial charge in [0.15, 0.2) is 0 Å². The van der Waals surface area contributed by atoms with E-state index >= 15 is 0 Å². The van der Waals surface area contributed by atoms with Crippen molar-refractivity contribution >= 4 is 34.3 Å². The maximum atomic E-state index is 12.6. The lowest BCUT2D eigenvalue weighted by Crippen LogP contribution is -2.43. The minimum absolute atomic E-state index is 0. The topological polar surface area (TPSA) is 125 Å². The molecule has 0 radical (unpaired) electrons. The predicted octanol–water partition coefficient (Wildman–Crippen LogP) is 2.26. The zero-order chi connectivity index (χ0) is 22.4. The minimum atomic E-state index is -3.58. The molecule has 1 aromatic rings. The summed E-state index contributed by atoms with van der Waals surface area (Å²) in [7, 11) is -3.58. The lowest BCUT2D eigenvalue weighted by atomic mass is 9.82. The van der Waals surface area contributed by atoms with Gasteiger partial charge in [0.1, 0.15) is 6.04 Å². The summed E-state index contributed by atoms with van der Waals surface area (Å²) in [4.78, 5) is 24.0. The van der Waals surface area contributed by atoms with Gasteiger partial charge in [-0.05, 0) is 87.6 Å². The Kier molecular flexibility index (Phi) is 9.94. The molecule has 10 heteroatoms. The fourth-order valence-corrected chi connectivity index (χ4v) is 5.38. The molecular weight excluding hydrogens is 454 g/mol. The van der Waals surface area contributed by atoms with E-state index in [0.717, 1.165) is 57.9 Å². The van der Waals surface area contributed by atoms with E-state index in [1.165, 1.54) is 5.56 Å². The second-order valence-corrected chi connectivity index (χ2v) is 10.6. The number of amides is 1. The van der Waals surface area contributed by atoms with Gasteiger partial charge in [-0.15, -0.1) is 12.4 Å². The van der Waals surface area contributed by atoms with Crippen LogP contribution in [0, 0.1) is 5.92 Å². The number of carboxylic acid groups (broad SMARTS) is 1. The van der Waals surface area contributed by atoms with Gasteiger partial charge in [-0.2, -0.15) is 0 Å². The molecule has 1 heterocycles. The van der Waals surface area contributed by atoms with E-state index in [9.17, 15) is 23.1 Å². The zero-order valence-corrected chi connectivity index (χ0v) is 20.0. The van der Waals surface area contributed by atoms with Crippen LogP contribution in [0.1, 0.15) is 66.8 Å². The highest BCUT2D eigenvalue weighted by Crippen LogP contribution is 2.29. The minimum Gasteiger partial charge on any atom is -0.480 e. The number of aliphatic carboxylic acids is 1. The molecule has 3 rings (SSSR count). The highest BCUT2D eigenvalue weighted by molar-refractivity contribution is 7.88. The Morgan fingerprint density at radius 3 is 2.19 bits per heavy atom. The fourth-order valence-electron chi connectivity index (χ4n) is 4.66. The van der Waals surface area contributed by atoms with E-state index in [4.69, 9.17) is 0 Å². The third-order valence-electron chi connectivity index (χ3n) is 6.39. The van der Waals surface area contributed by atoms with Crippen LogP contribution in [-0.4, -0.2) is 56.8 Å². The molecule has 1 saturated heterocycles. The fraction of sp³-hybridized carbons (Fsp3) is 0.636. The van der Waals surface area contributed by atoms with Gasteiger partial charge in [0.05, 0.1) is 6.26 Å². The summed E-state index contributed by atoms with van der Waals surface area (Å²) in [6.07, 6.45) is 6.51. The molecule has 8 nitrogen and oxygen atoms in total. The van der Waals surface area contributed by atoms with Crippen molar-refractivity contribution in [2.24, 2.45) is 5.92 Å². The smallest absolute Gasteiger partial charge is 0.321 e. The molecule has 0 spiro atoms. The first-order chi connectivity index (χ1) is 14.7. The lowest BCUT2D eigenvalue weighted by Gasteiger charge is -2.30. The molecule has 1 atom stereocenters. The third-order valence-corrected chi connectivity index (χ3v) is 7.10. The van der Waals surface area contributed by atoms with Crippen LogP contribution in [0.5, 0.6) is 0 Å². The predicted molar refractivity (Wildman–Crippen MR) is 126 cm³/mol. The monoisotopic (exact) mass is 487 g/mol. The Labute approximate surface area is 196 Å². The molecule has 1 saturated carbocycles. The van der Waals surface area contributed by atoms with Crippen LogP contribution in [0.2, 0.25) is 0 Å². The van der Waals surface area contributed by atoms with Crippen molar-refractivity contribution in [1.82, 2.24) is 15.4 Å². The Balaban J connectivity index is 0.00000363. The van der Waals surface area contributed by atoms with Gasteiger partial charge >= 0.3 is 5.97 Å². The van der Waals surface area contributed by atoms with E-state index in [1.54, 1.807) is 0 Å². The standard InChI is InChI=1S/C22H33N3O5S.ClH/c1-31(29,30)25-20(22(27)28)14-15-2-8-19(9-3-15)24-21(26)18-6-4-16(5-7-18)17-10-12-23-13-11-17;/h4-7,15,17,19-20,23,25H,2-3,8-14H2,1H3,(H,24,26)(H,27,28);1H/t15-,19-,20?;. The summed E-state index contributed by atoms with van der Waals surface area (Å²) in [6.45, 7) is 2.07.